The molecule has 0 aromatic heterocycles. The lowest BCUT2D eigenvalue weighted by atomic mass is 9.93. The third kappa shape index (κ3) is 2.45. The molecule has 1 aliphatic heterocycles. The van der Waals surface area contributed by atoms with Crippen LogP contribution in [-0.4, -0.2) is 18.2 Å². The minimum atomic E-state index is 0.0358. The standard InChI is InChI=1S/C16H23NO/c1-16(2)11-13(9-10-18-16)17-15-8-7-12-5-3-4-6-14(12)15/h3-6,13,15,17H,7-11H2,1-2H3. The van der Waals surface area contributed by atoms with Crippen LogP contribution in [0.25, 0.3) is 0 Å². The van der Waals surface area contributed by atoms with Gasteiger partial charge in [-0.1, -0.05) is 24.3 Å². The molecule has 0 amide bonds. The second kappa shape index (κ2) is 4.67. The summed E-state index contributed by atoms with van der Waals surface area (Å²) >= 11 is 0. The van der Waals surface area contributed by atoms with Crippen molar-refractivity contribution < 1.29 is 4.74 Å². The van der Waals surface area contributed by atoms with Crippen molar-refractivity contribution in [3.8, 4) is 0 Å². The summed E-state index contributed by atoms with van der Waals surface area (Å²) in [7, 11) is 0. The van der Waals surface area contributed by atoms with Gasteiger partial charge in [-0.25, -0.2) is 0 Å². The molecule has 18 heavy (non-hydrogen) atoms. The number of ether oxygens (including phenoxy) is 1. The van der Waals surface area contributed by atoms with Gasteiger partial charge in [-0.2, -0.15) is 0 Å². The Morgan fingerprint density at radius 3 is 2.89 bits per heavy atom. The summed E-state index contributed by atoms with van der Waals surface area (Å²) in [6.07, 6.45) is 4.73. The van der Waals surface area contributed by atoms with Gasteiger partial charge >= 0.3 is 0 Å². The first-order chi connectivity index (χ1) is 8.64. The molecule has 0 saturated carbocycles. The summed E-state index contributed by atoms with van der Waals surface area (Å²) in [6.45, 7) is 5.28. The fraction of sp³-hybridized carbons (Fsp3) is 0.625. The van der Waals surface area contributed by atoms with Crippen molar-refractivity contribution in [2.75, 3.05) is 6.61 Å². The average Bonchev–Trinajstić information content (AvgIpc) is 2.72. The van der Waals surface area contributed by atoms with Gasteiger partial charge < -0.3 is 10.1 Å². The Labute approximate surface area is 110 Å². The van der Waals surface area contributed by atoms with E-state index < -0.39 is 0 Å². The third-order valence-corrected chi connectivity index (χ3v) is 4.27. The minimum absolute atomic E-state index is 0.0358. The number of benzene rings is 1. The van der Waals surface area contributed by atoms with Crippen molar-refractivity contribution in [1.29, 1.82) is 0 Å². The second-order valence-corrected chi connectivity index (χ2v) is 6.25. The van der Waals surface area contributed by atoms with Gasteiger partial charge in [-0.3, -0.25) is 0 Å². The SMILES string of the molecule is CC1(C)CC(NC2CCc3ccccc32)CCO1. The van der Waals surface area contributed by atoms with Crippen LogP contribution in [-0.2, 0) is 11.2 Å². The van der Waals surface area contributed by atoms with Crippen LogP contribution in [0.1, 0.15) is 50.3 Å². The Bertz CT molecular complexity index is 427. The van der Waals surface area contributed by atoms with Crippen LogP contribution in [0.4, 0.5) is 0 Å². The monoisotopic (exact) mass is 245 g/mol. The van der Waals surface area contributed by atoms with E-state index in [4.69, 9.17) is 4.74 Å². The van der Waals surface area contributed by atoms with Crippen molar-refractivity contribution in [2.45, 2.75) is 57.2 Å². The lowest BCUT2D eigenvalue weighted by Gasteiger charge is -2.37. The van der Waals surface area contributed by atoms with E-state index in [-0.39, 0.29) is 5.60 Å². The van der Waals surface area contributed by atoms with Crippen molar-refractivity contribution in [3.05, 3.63) is 35.4 Å². The van der Waals surface area contributed by atoms with Crippen LogP contribution in [0.3, 0.4) is 0 Å². The highest BCUT2D eigenvalue weighted by atomic mass is 16.5. The molecule has 1 aromatic carbocycles. The first kappa shape index (κ1) is 12.2. The van der Waals surface area contributed by atoms with Gasteiger partial charge in [-0.15, -0.1) is 0 Å². The zero-order chi connectivity index (χ0) is 12.6. The van der Waals surface area contributed by atoms with Crippen molar-refractivity contribution in [3.63, 3.8) is 0 Å². The Balaban J connectivity index is 1.68. The van der Waals surface area contributed by atoms with E-state index in [1.165, 1.54) is 24.0 Å². The summed E-state index contributed by atoms with van der Waals surface area (Å²) in [5.74, 6) is 0. The zero-order valence-corrected chi connectivity index (χ0v) is 11.4. The molecule has 2 aliphatic rings. The maximum Gasteiger partial charge on any atom is 0.0641 e. The van der Waals surface area contributed by atoms with Crippen LogP contribution in [0.15, 0.2) is 24.3 Å². The number of aryl methyl sites for hydroxylation is 1. The molecule has 2 atom stereocenters. The van der Waals surface area contributed by atoms with Crippen LogP contribution in [0, 0.1) is 0 Å². The smallest absolute Gasteiger partial charge is 0.0641 e. The summed E-state index contributed by atoms with van der Waals surface area (Å²) < 4.78 is 5.79. The molecule has 3 rings (SSSR count). The quantitative estimate of drug-likeness (QED) is 0.864. The average molecular weight is 245 g/mol. The molecule has 1 aliphatic carbocycles. The van der Waals surface area contributed by atoms with Gasteiger partial charge in [0.05, 0.1) is 5.60 Å². The Hall–Kier alpha value is -0.860. The van der Waals surface area contributed by atoms with E-state index in [1.54, 1.807) is 0 Å². The van der Waals surface area contributed by atoms with E-state index in [0.29, 0.717) is 12.1 Å². The molecule has 0 spiro atoms. The van der Waals surface area contributed by atoms with E-state index in [0.717, 1.165) is 19.4 Å². The van der Waals surface area contributed by atoms with Crippen molar-refractivity contribution >= 4 is 0 Å². The summed E-state index contributed by atoms with van der Waals surface area (Å²) in [6, 6.07) is 10.0. The molecule has 2 unspecified atom stereocenters. The molecule has 1 saturated heterocycles. The van der Waals surface area contributed by atoms with Crippen LogP contribution < -0.4 is 5.32 Å². The van der Waals surface area contributed by atoms with E-state index >= 15 is 0 Å². The molecule has 0 radical (unpaired) electrons. The normalized spacial score (nSPS) is 30.1. The third-order valence-electron chi connectivity index (χ3n) is 4.27. The lowest BCUT2D eigenvalue weighted by Crippen LogP contribution is -2.44. The van der Waals surface area contributed by atoms with Gasteiger partial charge in [0.25, 0.3) is 0 Å². The largest absolute Gasteiger partial charge is 0.375 e. The van der Waals surface area contributed by atoms with Gasteiger partial charge in [0.1, 0.15) is 0 Å². The first-order valence-corrected chi connectivity index (χ1v) is 7.12. The zero-order valence-electron chi connectivity index (χ0n) is 11.4. The number of hydrogen-bond acceptors (Lipinski definition) is 2. The fourth-order valence-electron chi connectivity index (χ4n) is 3.39. The van der Waals surface area contributed by atoms with E-state index in [2.05, 4.69) is 43.4 Å². The second-order valence-electron chi connectivity index (χ2n) is 6.25. The van der Waals surface area contributed by atoms with Gasteiger partial charge in [-0.05, 0) is 50.7 Å². The molecule has 2 heteroatoms. The highest BCUT2D eigenvalue weighted by molar-refractivity contribution is 5.34. The highest BCUT2D eigenvalue weighted by Crippen LogP contribution is 2.33. The number of hydrogen-bond donors (Lipinski definition) is 1. The molecule has 1 fully saturated rings. The van der Waals surface area contributed by atoms with Crippen LogP contribution in [0.2, 0.25) is 0 Å². The molecule has 1 N–H and O–H groups in total. The summed E-state index contributed by atoms with van der Waals surface area (Å²) in [5.41, 5.74) is 3.08. The van der Waals surface area contributed by atoms with E-state index in [9.17, 15) is 0 Å². The molecule has 1 aromatic rings. The highest BCUT2D eigenvalue weighted by Gasteiger charge is 2.31. The summed E-state index contributed by atoms with van der Waals surface area (Å²) in [5, 5.41) is 3.85. The van der Waals surface area contributed by atoms with Crippen LogP contribution >= 0.6 is 0 Å². The van der Waals surface area contributed by atoms with Crippen molar-refractivity contribution in [2.24, 2.45) is 0 Å². The number of rotatable bonds is 2. The van der Waals surface area contributed by atoms with Crippen molar-refractivity contribution in [1.82, 2.24) is 5.32 Å². The fourth-order valence-corrected chi connectivity index (χ4v) is 3.39. The molecule has 2 nitrogen and oxygen atoms in total. The Morgan fingerprint density at radius 2 is 2.06 bits per heavy atom. The minimum Gasteiger partial charge on any atom is -0.375 e. The van der Waals surface area contributed by atoms with Gasteiger partial charge in [0.2, 0.25) is 0 Å². The topological polar surface area (TPSA) is 21.3 Å². The molecular weight excluding hydrogens is 222 g/mol. The molecule has 98 valence electrons. The number of nitrogens with one attached hydrogen (secondary N) is 1. The lowest BCUT2D eigenvalue weighted by molar-refractivity contribution is -0.0642. The van der Waals surface area contributed by atoms with Crippen LogP contribution in [0.5, 0.6) is 0 Å². The first-order valence-electron chi connectivity index (χ1n) is 7.12. The van der Waals surface area contributed by atoms with Gasteiger partial charge in [0, 0.05) is 18.7 Å². The maximum atomic E-state index is 5.79. The Morgan fingerprint density at radius 1 is 1.22 bits per heavy atom. The predicted octanol–water partition coefficient (Wildman–Crippen LogP) is 3.22. The number of fused-ring (bicyclic) bond motifs is 1. The molecular formula is C16H23NO. The predicted molar refractivity (Wildman–Crippen MR) is 73.7 cm³/mol. The van der Waals surface area contributed by atoms with Gasteiger partial charge in [0.15, 0.2) is 0 Å². The Kier molecular flexibility index (Phi) is 3.16. The summed E-state index contributed by atoms with van der Waals surface area (Å²) in [4.78, 5) is 0. The maximum absolute atomic E-state index is 5.79. The molecule has 0 bridgehead atoms. The van der Waals surface area contributed by atoms with E-state index in [1.807, 2.05) is 0 Å². The molecule has 1 heterocycles.